The van der Waals surface area contributed by atoms with Crippen LogP contribution < -0.4 is 0 Å². The van der Waals surface area contributed by atoms with Crippen molar-refractivity contribution in [1.29, 1.82) is 0 Å². The largest absolute Gasteiger partial charge is 0.233 e. The van der Waals surface area contributed by atoms with E-state index in [1.807, 2.05) is 42.4 Å². The zero-order chi connectivity index (χ0) is 10.5. The van der Waals surface area contributed by atoms with Crippen molar-refractivity contribution in [3.63, 3.8) is 0 Å². The van der Waals surface area contributed by atoms with Crippen LogP contribution in [0.5, 0.6) is 0 Å². The maximum atomic E-state index is 10.7. The minimum Gasteiger partial charge on any atom is -0.233 e. The maximum absolute atomic E-state index is 10.7. The predicted octanol–water partition coefficient (Wildman–Crippen LogP) is 2.87. The van der Waals surface area contributed by atoms with Gasteiger partial charge in [-0.1, -0.05) is 48.6 Å². The molecular formula is C14H12O. The van der Waals surface area contributed by atoms with Crippen molar-refractivity contribution in [1.82, 2.24) is 0 Å². The molecule has 74 valence electrons. The first-order valence-corrected chi connectivity index (χ1v) is 5.04. The second-order valence-electron chi connectivity index (χ2n) is 3.57. The molecule has 1 aromatic carbocycles. The zero-order valence-electron chi connectivity index (χ0n) is 8.44. The van der Waals surface area contributed by atoms with Gasteiger partial charge in [0.1, 0.15) is 5.94 Å². The summed E-state index contributed by atoms with van der Waals surface area (Å²) in [5, 5.41) is 0. The number of hydrogen-bond acceptors (Lipinski definition) is 1. The molecule has 2 rings (SSSR count). The minimum absolute atomic E-state index is 0.710. The molecule has 0 fully saturated rings. The highest BCUT2D eigenvalue weighted by molar-refractivity contribution is 5.63. The third-order valence-electron chi connectivity index (χ3n) is 2.50. The summed E-state index contributed by atoms with van der Waals surface area (Å²) in [5.74, 6) is 2.02. The zero-order valence-corrected chi connectivity index (χ0v) is 8.44. The van der Waals surface area contributed by atoms with E-state index in [2.05, 4.69) is 12.1 Å². The number of hydrogen-bond donors (Lipinski definition) is 0. The van der Waals surface area contributed by atoms with Gasteiger partial charge >= 0.3 is 0 Å². The molecule has 1 nitrogen and oxygen atoms in total. The van der Waals surface area contributed by atoms with Gasteiger partial charge in [0.25, 0.3) is 0 Å². The van der Waals surface area contributed by atoms with Gasteiger partial charge in [0, 0.05) is 12.0 Å². The Labute approximate surface area is 89.4 Å². The van der Waals surface area contributed by atoms with Crippen molar-refractivity contribution in [3.05, 3.63) is 65.3 Å². The standard InChI is InChI=1S/C14H12O/c15-11-14-9-5-4-8-13(14)10-12-6-2-1-3-7-12/h1-8H,9-10H2. The molecule has 15 heavy (non-hydrogen) atoms. The lowest BCUT2D eigenvalue weighted by molar-refractivity contribution is 0.567. The topological polar surface area (TPSA) is 17.1 Å². The molecule has 0 bridgehead atoms. The number of carbonyl (C=O) groups excluding carboxylic acids is 1. The fraction of sp³-hybridized carbons (Fsp3) is 0.143. The van der Waals surface area contributed by atoms with E-state index in [1.165, 1.54) is 5.56 Å². The number of benzene rings is 1. The van der Waals surface area contributed by atoms with Crippen molar-refractivity contribution >= 4 is 5.94 Å². The Balaban J connectivity index is 2.22. The lowest BCUT2D eigenvalue weighted by atomic mass is 9.94. The first-order valence-electron chi connectivity index (χ1n) is 5.04. The molecule has 0 saturated carbocycles. The van der Waals surface area contributed by atoms with E-state index in [0.29, 0.717) is 6.42 Å². The van der Waals surface area contributed by atoms with Crippen LogP contribution in [-0.2, 0) is 11.2 Å². The number of allylic oxidation sites excluding steroid dienone is 5. The predicted molar refractivity (Wildman–Crippen MR) is 61.2 cm³/mol. The van der Waals surface area contributed by atoms with E-state index in [1.54, 1.807) is 0 Å². The third-order valence-corrected chi connectivity index (χ3v) is 2.50. The van der Waals surface area contributed by atoms with Crippen LogP contribution in [0.25, 0.3) is 0 Å². The fourth-order valence-corrected chi connectivity index (χ4v) is 1.69. The number of rotatable bonds is 2. The summed E-state index contributed by atoms with van der Waals surface area (Å²) in [6.45, 7) is 0. The third kappa shape index (κ3) is 2.34. The molecule has 0 unspecified atom stereocenters. The summed E-state index contributed by atoms with van der Waals surface area (Å²) < 4.78 is 0. The summed E-state index contributed by atoms with van der Waals surface area (Å²) in [6.07, 6.45) is 7.50. The quantitative estimate of drug-likeness (QED) is 0.665. The van der Waals surface area contributed by atoms with Crippen molar-refractivity contribution < 1.29 is 4.79 Å². The maximum Gasteiger partial charge on any atom is 0.128 e. The van der Waals surface area contributed by atoms with E-state index in [-0.39, 0.29) is 0 Å². The van der Waals surface area contributed by atoms with Gasteiger partial charge in [-0.25, -0.2) is 4.79 Å². The second kappa shape index (κ2) is 4.59. The Bertz CT molecular complexity index is 445. The van der Waals surface area contributed by atoms with Gasteiger partial charge in [-0.05, 0) is 17.6 Å². The Morgan fingerprint density at radius 1 is 1.20 bits per heavy atom. The van der Waals surface area contributed by atoms with Crippen LogP contribution in [0.1, 0.15) is 12.0 Å². The van der Waals surface area contributed by atoms with Gasteiger partial charge < -0.3 is 0 Å². The molecule has 0 aromatic heterocycles. The molecule has 1 aliphatic carbocycles. The minimum atomic E-state index is 0.710. The van der Waals surface area contributed by atoms with Crippen LogP contribution >= 0.6 is 0 Å². The van der Waals surface area contributed by atoms with Crippen LogP contribution in [0.4, 0.5) is 0 Å². The molecular weight excluding hydrogens is 184 g/mol. The first kappa shape index (κ1) is 9.70. The molecule has 1 aliphatic rings. The fourth-order valence-electron chi connectivity index (χ4n) is 1.69. The molecule has 0 amide bonds. The van der Waals surface area contributed by atoms with Gasteiger partial charge in [-0.15, -0.1) is 0 Å². The molecule has 0 N–H and O–H groups in total. The summed E-state index contributed by atoms with van der Waals surface area (Å²) >= 11 is 0. The van der Waals surface area contributed by atoms with E-state index in [4.69, 9.17) is 0 Å². The van der Waals surface area contributed by atoms with Crippen LogP contribution in [0.15, 0.2) is 59.7 Å². The van der Waals surface area contributed by atoms with Gasteiger partial charge in [-0.2, -0.15) is 0 Å². The highest BCUT2D eigenvalue weighted by Gasteiger charge is 2.08. The lowest BCUT2D eigenvalue weighted by Gasteiger charge is -2.09. The van der Waals surface area contributed by atoms with E-state index in [0.717, 1.165) is 17.6 Å². The Hall–Kier alpha value is -1.85. The summed E-state index contributed by atoms with van der Waals surface area (Å²) in [7, 11) is 0. The smallest absolute Gasteiger partial charge is 0.128 e. The molecule has 0 aliphatic heterocycles. The SMILES string of the molecule is O=C=C1CC=CC=C1Cc1ccccc1. The first-order chi connectivity index (χ1) is 7.40. The summed E-state index contributed by atoms with van der Waals surface area (Å²) in [6, 6.07) is 10.2. The van der Waals surface area contributed by atoms with Gasteiger partial charge in [0.2, 0.25) is 0 Å². The second-order valence-corrected chi connectivity index (χ2v) is 3.57. The Morgan fingerprint density at radius 2 is 2.00 bits per heavy atom. The van der Waals surface area contributed by atoms with E-state index < -0.39 is 0 Å². The normalized spacial score (nSPS) is 14.7. The van der Waals surface area contributed by atoms with Crippen LogP contribution in [0.2, 0.25) is 0 Å². The lowest BCUT2D eigenvalue weighted by Crippen LogP contribution is -1.97. The highest BCUT2D eigenvalue weighted by atomic mass is 16.1. The summed E-state index contributed by atoms with van der Waals surface area (Å²) in [4.78, 5) is 10.7. The van der Waals surface area contributed by atoms with E-state index in [9.17, 15) is 4.79 Å². The molecule has 0 radical (unpaired) electrons. The van der Waals surface area contributed by atoms with Crippen molar-refractivity contribution in [2.75, 3.05) is 0 Å². The summed E-state index contributed by atoms with van der Waals surface area (Å²) in [5.41, 5.74) is 3.09. The highest BCUT2D eigenvalue weighted by Crippen LogP contribution is 2.20. The van der Waals surface area contributed by atoms with Crippen LogP contribution in [0, 0.1) is 0 Å². The molecule has 0 atom stereocenters. The van der Waals surface area contributed by atoms with Crippen molar-refractivity contribution in [2.24, 2.45) is 0 Å². The van der Waals surface area contributed by atoms with Gasteiger partial charge in [0.05, 0.1) is 0 Å². The molecule has 1 heteroatoms. The molecule has 0 spiro atoms. The van der Waals surface area contributed by atoms with E-state index >= 15 is 0 Å². The van der Waals surface area contributed by atoms with Crippen molar-refractivity contribution in [3.8, 4) is 0 Å². The van der Waals surface area contributed by atoms with Crippen molar-refractivity contribution in [2.45, 2.75) is 12.8 Å². The van der Waals surface area contributed by atoms with Gasteiger partial charge in [0.15, 0.2) is 0 Å². The molecule has 1 aromatic rings. The average molecular weight is 196 g/mol. The van der Waals surface area contributed by atoms with Gasteiger partial charge in [-0.3, -0.25) is 0 Å². The van der Waals surface area contributed by atoms with Crippen LogP contribution in [-0.4, -0.2) is 5.94 Å². The van der Waals surface area contributed by atoms with Crippen LogP contribution in [0.3, 0.4) is 0 Å². The molecule has 0 heterocycles. The Morgan fingerprint density at radius 3 is 2.73 bits per heavy atom. The monoisotopic (exact) mass is 196 g/mol. The average Bonchev–Trinajstić information content (AvgIpc) is 2.31. The Kier molecular flexibility index (Phi) is 2.96. The molecule has 0 saturated heterocycles.